The van der Waals surface area contributed by atoms with Gasteiger partial charge < -0.3 is 34.8 Å². The molecule has 2 saturated heterocycles. The van der Waals surface area contributed by atoms with Crippen molar-refractivity contribution >= 4 is 41.6 Å². The van der Waals surface area contributed by atoms with Crippen molar-refractivity contribution in [3.05, 3.63) is 35.4 Å². The Morgan fingerprint density at radius 1 is 0.566 bits per heavy atom. The van der Waals surface area contributed by atoms with Crippen molar-refractivity contribution in [1.82, 2.24) is 30.2 Å². The normalized spacial score (nSPS) is 19.9. The van der Waals surface area contributed by atoms with Crippen LogP contribution in [0.4, 0.5) is 9.59 Å². The molecule has 53 heavy (non-hydrogen) atoms. The first-order valence-corrected chi connectivity index (χ1v) is 22.2. The third-order valence-electron chi connectivity index (χ3n) is 8.84. The predicted molar refractivity (Wildman–Crippen MR) is 221 cm³/mol. The van der Waals surface area contributed by atoms with Crippen molar-refractivity contribution in [3.63, 3.8) is 0 Å². The van der Waals surface area contributed by atoms with Crippen LogP contribution in [0.1, 0.15) is 96.0 Å². The number of hydrogen-bond acceptors (Lipinski definition) is 10. The van der Waals surface area contributed by atoms with Crippen molar-refractivity contribution in [3.8, 4) is 0 Å². The summed E-state index contributed by atoms with van der Waals surface area (Å²) in [5, 5.41) is 6.97. The molecule has 0 atom stereocenters. The molecule has 0 saturated carbocycles. The average molecular weight is 779 g/mol. The molecule has 0 aromatic heterocycles. The molecule has 3 rings (SSSR count). The van der Waals surface area contributed by atoms with Gasteiger partial charge >= 0.3 is 12.2 Å². The van der Waals surface area contributed by atoms with E-state index in [1.54, 1.807) is 9.80 Å². The standard InChI is InChI=1S/C40H70N6O5S2/c1-39(2,3)50-37(48)45-25-10-24-44(27-28-46(23-7-17-42-20-26-45)38(49)51-40(4,5)6)36(47)35-15-13-34(14-16-35)33-43-21-11-31-52-29-8-18-41-19-9-30-53-32-12-22-43/h13-16,41-42H,7-12,17-33H2,1-6H3. The Labute approximate surface area is 329 Å². The highest BCUT2D eigenvalue weighted by Gasteiger charge is 2.26. The van der Waals surface area contributed by atoms with Gasteiger partial charge in [-0.25, -0.2) is 9.59 Å². The van der Waals surface area contributed by atoms with Crippen LogP contribution in [0.25, 0.3) is 0 Å². The monoisotopic (exact) mass is 778 g/mol. The molecule has 11 nitrogen and oxygen atoms in total. The number of amides is 3. The van der Waals surface area contributed by atoms with E-state index in [0.29, 0.717) is 70.8 Å². The number of carbonyl (C=O) groups is 3. The van der Waals surface area contributed by atoms with E-state index in [9.17, 15) is 14.4 Å². The lowest BCUT2D eigenvalue weighted by Gasteiger charge is -2.32. The molecular formula is C40H70N6O5S2. The first-order chi connectivity index (χ1) is 25.3. The number of nitrogens with zero attached hydrogens (tertiary/aromatic N) is 4. The number of thioether (sulfide) groups is 2. The third kappa shape index (κ3) is 19.8. The molecule has 2 fully saturated rings. The van der Waals surface area contributed by atoms with Crippen molar-refractivity contribution in [1.29, 1.82) is 0 Å². The molecule has 2 aliphatic heterocycles. The maximum Gasteiger partial charge on any atom is 0.410 e. The van der Waals surface area contributed by atoms with Gasteiger partial charge in [0, 0.05) is 57.9 Å². The van der Waals surface area contributed by atoms with Crippen LogP contribution in [-0.2, 0) is 16.0 Å². The summed E-state index contributed by atoms with van der Waals surface area (Å²) in [6, 6.07) is 8.09. The summed E-state index contributed by atoms with van der Waals surface area (Å²) >= 11 is 4.13. The van der Waals surface area contributed by atoms with Crippen LogP contribution in [0, 0.1) is 0 Å². The van der Waals surface area contributed by atoms with Gasteiger partial charge in [0.15, 0.2) is 0 Å². The lowest BCUT2D eigenvalue weighted by Crippen LogP contribution is -2.46. The summed E-state index contributed by atoms with van der Waals surface area (Å²) in [6.07, 6.45) is 5.40. The van der Waals surface area contributed by atoms with Crippen LogP contribution in [0.5, 0.6) is 0 Å². The highest BCUT2D eigenvalue weighted by atomic mass is 32.2. The number of nitrogens with one attached hydrogen (secondary N) is 2. The van der Waals surface area contributed by atoms with E-state index < -0.39 is 11.2 Å². The fraction of sp³-hybridized carbons (Fsp3) is 0.775. The van der Waals surface area contributed by atoms with Crippen LogP contribution in [-0.4, -0.2) is 150 Å². The highest BCUT2D eigenvalue weighted by Crippen LogP contribution is 2.16. The molecule has 0 unspecified atom stereocenters. The van der Waals surface area contributed by atoms with Gasteiger partial charge in [-0.05, 0) is 153 Å². The van der Waals surface area contributed by atoms with Crippen LogP contribution in [0.2, 0.25) is 0 Å². The molecule has 0 bridgehead atoms. The molecule has 2 aliphatic rings. The maximum atomic E-state index is 14.1. The Kier molecular flexibility index (Phi) is 20.8. The zero-order valence-electron chi connectivity index (χ0n) is 33.7. The van der Waals surface area contributed by atoms with E-state index in [1.165, 1.54) is 54.3 Å². The summed E-state index contributed by atoms with van der Waals surface area (Å²) in [5.41, 5.74) is 0.623. The van der Waals surface area contributed by atoms with Gasteiger partial charge in [-0.2, -0.15) is 23.5 Å². The van der Waals surface area contributed by atoms with Gasteiger partial charge in [0.2, 0.25) is 0 Å². The van der Waals surface area contributed by atoms with E-state index in [1.807, 2.05) is 58.6 Å². The zero-order chi connectivity index (χ0) is 38.5. The summed E-state index contributed by atoms with van der Waals surface area (Å²) in [4.78, 5) is 48.2. The van der Waals surface area contributed by atoms with Crippen LogP contribution in [0.3, 0.4) is 0 Å². The molecule has 0 radical (unpaired) electrons. The Hall–Kier alpha value is -2.19. The Bertz CT molecular complexity index is 1190. The molecule has 1 aromatic carbocycles. The predicted octanol–water partition coefficient (Wildman–Crippen LogP) is 6.42. The van der Waals surface area contributed by atoms with Gasteiger partial charge in [0.25, 0.3) is 5.91 Å². The molecule has 0 spiro atoms. The minimum atomic E-state index is -0.617. The Morgan fingerprint density at radius 2 is 1.04 bits per heavy atom. The number of benzene rings is 1. The fourth-order valence-corrected chi connectivity index (χ4v) is 7.93. The molecule has 3 amide bonds. The topological polar surface area (TPSA) is 107 Å². The van der Waals surface area contributed by atoms with Crippen LogP contribution in [0.15, 0.2) is 24.3 Å². The molecule has 302 valence electrons. The fourth-order valence-electron chi connectivity index (χ4n) is 6.16. The summed E-state index contributed by atoms with van der Waals surface area (Å²) in [6.45, 7) is 20.4. The summed E-state index contributed by atoms with van der Waals surface area (Å²) in [7, 11) is 0. The van der Waals surface area contributed by atoms with Gasteiger partial charge in [0.1, 0.15) is 11.2 Å². The number of hydrogen-bond donors (Lipinski definition) is 2. The minimum Gasteiger partial charge on any atom is -0.444 e. The minimum absolute atomic E-state index is 0.0764. The average Bonchev–Trinajstić information content (AvgIpc) is 3.08. The van der Waals surface area contributed by atoms with Gasteiger partial charge in [0.05, 0.1) is 0 Å². The summed E-state index contributed by atoms with van der Waals surface area (Å²) in [5.74, 6) is 4.73. The highest BCUT2D eigenvalue weighted by molar-refractivity contribution is 7.99. The van der Waals surface area contributed by atoms with Crippen molar-refractivity contribution in [2.45, 2.75) is 97.8 Å². The maximum absolute atomic E-state index is 14.1. The van der Waals surface area contributed by atoms with Gasteiger partial charge in [-0.3, -0.25) is 9.69 Å². The quantitative estimate of drug-likeness (QED) is 0.358. The van der Waals surface area contributed by atoms with E-state index in [4.69, 9.17) is 9.47 Å². The molecular weight excluding hydrogens is 709 g/mol. The lowest BCUT2D eigenvalue weighted by atomic mass is 10.1. The smallest absolute Gasteiger partial charge is 0.410 e. The Morgan fingerprint density at radius 3 is 1.62 bits per heavy atom. The number of carbonyl (C=O) groups excluding carboxylic acids is 3. The third-order valence-corrected chi connectivity index (χ3v) is 11.2. The SMILES string of the molecule is CC(C)(C)OC(=O)N1CCCN(C(=O)c2ccc(CN3CCCSCCCNCCCSCCC3)cc2)CCN(C(=O)OC(C)(C)C)CCCNCC1. The number of ether oxygens (including phenoxy) is 2. The second-order valence-corrected chi connectivity index (χ2v) is 18.5. The van der Waals surface area contributed by atoms with E-state index >= 15 is 0 Å². The molecule has 2 N–H and O–H groups in total. The Balaban J connectivity index is 1.71. The first kappa shape index (κ1) is 45.2. The van der Waals surface area contributed by atoms with Crippen molar-refractivity contribution < 1.29 is 23.9 Å². The van der Waals surface area contributed by atoms with E-state index in [-0.39, 0.29) is 18.1 Å². The van der Waals surface area contributed by atoms with Crippen molar-refractivity contribution in [2.75, 3.05) is 102 Å². The van der Waals surface area contributed by atoms with Gasteiger partial charge in [-0.15, -0.1) is 0 Å². The first-order valence-electron chi connectivity index (χ1n) is 19.9. The molecule has 0 aliphatic carbocycles. The van der Waals surface area contributed by atoms with Crippen LogP contribution < -0.4 is 10.6 Å². The second-order valence-electron chi connectivity index (χ2n) is 16.0. The van der Waals surface area contributed by atoms with Crippen LogP contribution >= 0.6 is 23.5 Å². The lowest BCUT2D eigenvalue weighted by molar-refractivity contribution is 0.0201. The number of rotatable bonds is 3. The molecule has 2 heterocycles. The van der Waals surface area contributed by atoms with Gasteiger partial charge in [-0.1, -0.05) is 12.1 Å². The zero-order valence-corrected chi connectivity index (χ0v) is 35.4. The van der Waals surface area contributed by atoms with E-state index in [2.05, 4.69) is 51.2 Å². The van der Waals surface area contributed by atoms with E-state index in [0.717, 1.165) is 32.7 Å². The molecule has 13 heteroatoms. The van der Waals surface area contributed by atoms with Crippen molar-refractivity contribution in [2.24, 2.45) is 0 Å². The second kappa shape index (κ2) is 24.3. The molecule has 1 aromatic rings. The largest absolute Gasteiger partial charge is 0.444 e. The summed E-state index contributed by atoms with van der Waals surface area (Å²) < 4.78 is 11.4.